The quantitative estimate of drug-likeness (QED) is 0.137. The number of anilines is 3. The van der Waals surface area contributed by atoms with Gasteiger partial charge in [0, 0.05) is 51.4 Å². The van der Waals surface area contributed by atoms with E-state index in [-0.39, 0.29) is 0 Å². The Bertz CT molecular complexity index is 3270. The van der Waals surface area contributed by atoms with Crippen molar-refractivity contribution in [2.75, 3.05) is 4.90 Å². The Balaban J connectivity index is 1.03. The average Bonchev–Trinajstić information content (AvgIpc) is 3.75. The molecule has 9 aromatic carbocycles. The highest BCUT2D eigenvalue weighted by molar-refractivity contribution is 6.29. The van der Waals surface area contributed by atoms with Crippen LogP contribution in [0.15, 0.2) is 235 Å². The van der Waals surface area contributed by atoms with Gasteiger partial charge in [-0.15, -0.1) is 0 Å². The van der Waals surface area contributed by atoms with Crippen LogP contribution in [0.2, 0.25) is 0 Å². The number of nitrogens with zero attached hydrogens (tertiary/aromatic N) is 2. The van der Waals surface area contributed by atoms with Gasteiger partial charge in [-0.2, -0.15) is 0 Å². The zero-order valence-electron chi connectivity index (χ0n) is 33.2. The average molecular weight is 783 g/mol. The molecule has 4 heteroatoms. The number of para-hydroxylation sites is 1. The molecule has 0 amide bonds. The van der Waals surface area contributed by atoms with Crippen LogP contribution in [-0.2, 0) is 0 Å². The van der Waals surface area contributed by atoms with E-state index in [1.807, 2.05) is 73.1 Å². The molecule has 0 aliphatic carbocycles. The van der Waals surface area contributed by atoms with E-state index in [0.717, 1.165) is 95.0 Å². The SMILES string of the molecule is c1ccc(Oc2ccc(N(c3ccc(-c4ccncc4)cc3)c3ccc(-c4ccc5c6ccccc6c6oc(-c7ccccc7)c(-c7ccccc7)c6c5c4)cc3)cc2)cc1. The highest BCUT2D eigenvalue weighted by atomic mass is 16.5. The zero-order valence-corrected chi connectivity index (χ0v) is 33.2. The summed E-state index contributed by atoms with van der Waals surface area (Å²) in [5, 5.41) is 5.76. The number of benzene rings is 9. The van der Waals surface area contributed by atoms with E-state index in [2.05, 4.69) is 168 Å². The maximum Gasteiger partial charge on any atom is 0.143 e. The standard InChI is InChI=1S/C57H38N2O2/c1-4-12-42(13-5-1)54-55-53-38-44(24-33-51(53)50-18-10-11-19-52(50)57(55)61-56(54)43-14-6-2-7-15-43)40-22-27-46(28-23-40)59(45-25-20-39(21-26-45)41-34-36-58-37-35-41)47-29-31-49(32-30-47)60-48-16-8-3-9-17-48/h1-38H. The number of ether oxygens (including phenoxy) is 1. The van der Waals surface area contributed by atoms with Crippen LogP contribution < -0.4 is 9.64 Å². The largest absolute Gasteiger partial charge is 0.457 e. The third-order valence-corrected chi connectivity index (χ3v) is 11.4. The van der Waals surface area contributed by atoms with Gasteiger partial charge in [-0.25, -0.2) is 0 Å². The molecule has 0 aliphatic heterocycles. The van der Waals surface area contributed by atoms with Gasteiger partial charge < -0.3 is 14.1 Å². The Morgan fingerprint density at radius 1 is 0.361 bits per heavy atom. The summed E-state index contributed by atoms with van der Waals surface area (Å²) in [6.45, 7) is 0. The summed E-state index contributed by atoms with van der Waals surface area (Å²) in [5.74, 6) is 2.46. The van der Waals surface area contributed by atoms with Crippen molar-refractivity contribution in [3.8, 4) is 56.2 Å². The van der Waals surface area contributed by atoms with Crippen LogP contribution in [-0.4, -0.2) is 4.98 Å². The lowest BCUT2D eigenvalue weighted by molar-refractivity contribution is 0.483. The summed E-state index contributed by atoms with van der Waals surface area (Å²) in [7, 11) is 0. The summed E-state index contributed by atoms with van der Waals surface area (Å²) in [5.41, 5.74) is 11.8. The molecule has 11 rings (SSSR count). The van der Waals surface area contributed by atoms with Crippen molar-refractivity contribution < 1.29 is 9.15 Å². The number of hydrogen-bond acceptors (Lipinski definition) is 4. The summed E-state index contributed by atoms with van der Waals surface area (Å²) >= 11 is 0. The minimum Gasteiger partial charge on any atom is -0.457 e. The van der Waals surface area contributed by atoms with Gasteiger partial charge >= 0.3 is 0 Å². The fourth-order valence-electron chi connectivity index (χ4n) is 8.52. The molecule has 0 spiro atoms. The lowest BCUT2D eigenvalue weighted by Crippen LogP contribution is -2.09. The topological polar surface area (TPSA) is 38.5 Å². The van der Waals surface area contributed by atoms with Crippen molar-refractivity contribution in [2.45, 2.75) is 0 Å². The van der Waals surface area contributed by atoms with E-state index in [9.17, 15) is 0 Å². The Morgan fingerprint density at radius 2 is 0.836 bits per heavy atom. The van der Waals surface area contributed by atoms with E-state index in [1.165, 1.54) is 10.8 Å². The number of aromatic nitrogens is 1. The molecule has 2 aromatic heterocycles. The van der Waals surface area contributed by atoms with Gasteiger partial charge in [-0.1, -0.05) is 140 Å². The first kappa shape index (κ1) is 35.9. The Morgan fingerprint density at radius 3 is 1.48 bits per heavy atom. The molecule has 0 atom stereocenters. The summed E-state index contributed by atoms with van der Waals surface area (Å²) in [4.78, 5) is 6.49. The van der Waals surface area contributed by atoms with Crippen molar-refractivity contribution >= 4 is 49.6 Å². The van der Waals surface area contributed by atoms with Crippen LogP contribution in [0.3, 0.4) is 0 Å². The molecule has 0 fully saturated rings. The second kappa shape index (κ2) is 15.5. The number of fused-ring (bicyclic) bond motifs is 6. The third-order valence-electron chi connectivity index (χ3n) is 11.4. The molecule has 11 aromatic rings. The van der Waals surface area contributed by atoms with Gasteiger partial charge in [0.15, 0.2) is 0 Å². The molecule has 288 valence electrons. The van der Waals surface area contributed by atoms with Crippen LogP contribution in [0.25, 0.3) is 77.2 Å². The minimum absolute atomic E-state index is 0.778. The first-order chi connectivity index (χ1) is 30.2. The molecule has 0 aliphatic rings. The van der Waals surface area contributed by atoms with E-state index in [1.54, 1.807) is 0 Å². The Labute approximate surface area is 354 Å². The van der Waals surface area contributed by atoms with E-state index in [4.69, 9.17) is 9.15 Å². The maximum absolute atomic E-state index is 6.99. The molecule has 0 saturated carbocycles. The van der Waals surface area contributed by atoms with Gasteiger partial charge in [0.05, 0.1) is 0 Å². The molecular formula is C57H38N2O2. The van der Waals surface area contributed by atoms with E-state index >= 15 is 0 Å². The van der Waals surface area contributed by atoms with Crippen LogP contribution in [0.5, 0.6) is 11.5 Å². The lowest BCUT2D eigenvalue weighted by atomic mass is 9.90. The van der Waals surface area contributed by atoms with Crippen molar-refractivity contribution in [3.05, 3.63) is 231 Å². The van der Waals surface area contributed by atoms with Gasteiger partial charge in [0.2, 0.25) is 0 Å². The number of furan rings is 1. The van der Waals surface area contributed by atoms with Crippen molar-refractivity contribution in [1.82, 2.24) is 4.98 Å². The molecule has 0 radical (unpaired) electrons. The summed E-state index contributed by atoms with van der Waals surface area (Å²) < 4.78 is 13.1. The number of hydrogen-bond donors (Lipinski definition) is 0. The summed E-state index contributed by atoms with van der Waals surface area (Å²) in [6, 6.07) is 76.3. The van der Waals surface area contributed by atoms with Crippen LogP contribution in [0, 0.1) is 0 Å². The molecule has 0 unspecified atom stereocenters. The van der Waals surface area contributed by atoms with E-state index in [0.29, 0.717) is 0 Å². The third kappa shape index (κ3) is 6.76. The molecule has 0 bridgehead atoms. The van der Waals surface area contributed by atoms with Gasteiger partial charge in [-0.05, 0) is 123 Å². The lowest BCUT2D eigenvalue weighted by Gasteiger charge is -2.26. The van der Waals surface area contributed by atoms with Gasteiger partial charge in [0.1, 0.15) is 22.8 Å². The molecule has 0 saturated heterocycles. The van der Waals surface area contributed by atoms with Crippen molar-refractivity contribution in [3.63, 3.8) is 0 Å². The fraction of sp³-hybridized carbons (Fsp3) is 0. The normalized spacial score (nSPS) is 11.3. The minimum atomic E-state index is 0.778. The second-order valence-electron chi connectivity index (χ2n) is 15.1. The zero-order chi connectivity index (χ0) is 40.5. The fourth-order valence-corrected chi connectivity index (χ4v) is 8.52. The smallest absolute Gasteiger partial charge is 0.143 e. The van der Waals surface area contributed by atoms with Gasteiger partial charge in [-0.3, -0.25) is 4.98 Å². The predicted octanol–water partition coefficient (Wildman–Crippen LogP) is 16.1. The van der Waals surface area contributed by atoms with Crippen LogP contribution in [0.4, 0.5) is 17.1 Å². The molecule has 61 heavy (non-hydrogen) atoms. The molecule has 2 heterocycles. The first-order valence-electron chi connectivity index (χ1n) is 20.5. The summed E-state index contributed by atoms with van der Waals surface area (Å²) in [6.07, 6.45) is 3.66. The first-order valence-corrected chi connectivity index (χ1v) is 20.5. The van der Waals surface area contributed by atoms with Crippen molar-refractivity contribution in [2.24, 2.45) is 0 Å². The molecule has 0 N–H and O–H groups in total. The highest BCUT2D eigenvalue weighted by Gasteiger charge is 2.23. The van der Waals surface area contributed by atoms with Crippen LogP contribution >= 0.6 is 0 Å². The second-order valence-corrected chi connectivity index (χ2v) is 15.1. The van der Waals surface area contributed by atoms with Crippen molar-refractivity contribution in [1.29, 1.82) is 0 Å². The monoisotopic (exact) mass is 782 g/mol. The van der Waals surface area contributed by atoms with Gasteiger partial charge in [0.25, 0.3) is 0 Å². The number of pyridine rings is 1. The Hall–Kier alpha value is -8.21. The predicted molar refractivity (Wildman–Crippen MR) is 252 cm³/mol. The Kier molecular flexibility index (Phi) is 9.14. The number of rotatable bonds is 9. The van der Waals surface area contributed by atoms with E-state index < -0.39 is 0 Å². The molecule has 4 nitrogen and oxygen atoms in total. The molecular weight excluding hydrogens is 745 g/mol. The highest BCUT2D eigenvalue weighted by Crippen LogP contribution is 2.48. The van der Waals surface area contributed by atoms with Crippen LogP contribution in [0.1, 0.15) is 0 Å². The maximum atomic E-state index is 6.99.